The highest BCUT2D eigenvalue weighted by Crippen LogP contribution is 2.30. The van der Waals surface area contributed by atoms with E-state index in [1.807, 2.05) is 6.07 Å². The van der Waals surface area contributed by atoms with Gasteiger partial charge in [0.2, 0.25) is 5.91 Å². The second kappa shape index (κ2) is 7.42. The minimum absolute atomic E-state index is 0.180. The minimum Gasteiger partial charge on any atom is -0.486 e. The Kier molecular flexibility index (Phi) is 5.26. The van der Waals surface area contributed by atoms with Crippen molar-refractivity contribution in [2.75, 3.05) is 13.2 Å². The molecular formula is C16H18N2O5S2. The Bertz CT molecular complexity index is 849. The summed E-state index contributed by atoms with van der Waals surface area (Å²) in [7, 11) is -3.69. The molecule has 0 bridgehead atoms. The number of thiophene rings is 1. The van der Waals surface area contributed by atoms with Gasteiger partial charge in [0.15, 0.2) is 11.5 Å². The highest BCUT2D eigenvalue weighted by Gasteiger charge is 2.22. The maximum absolute atomic E-state index is 12.2. The third-order valence-corrected chi connectivity index (χ3v) is 6.50. The average molecular weight is 382 g/mol. The number of hydrogen-bond donors (Lipinski definition) is 2. The molecule has 1 amide bonds. The number of benzene rings is 1. The summed E-state index contributed by atoms with van der Waals surface area (Å²) in [6, 6.07) is 7.67. The van der Waals surface area contributed by atoms with Crippen LogP contribution in [0, 0.1) is 0 Å². The summed E-state index contributed by atoms with van der Waals surface area (Å²) in [4.78, 5) is 12.2. The fraction of sp³-hybridized carbons (Fsp3) is 0.312. The van der Waals surface area contributed by atoms with Crippen LogP contribution in [-0.4, -0.2) is 33.6 Å². The molecule has 0 saturated heterocycles. The summed E-state index contributed by atoms with van der Waals surface area (Å²) >= 11 is 1.10. The molecule has 25 heavy (non-hydrogen) atoms. The molecule has 134 valence electrons. The van der Waals surface area contributed by atoms with E-state index in [9.17, 15) is 13.2 Å². The molecule has 1 aliphatic rings. The first kappa shape index (κ1) is 17.7. The number of hydrogen-bond acceptors (Lipinski definition) is 6. The quantitative estimate of drug-likeness (QED) is 0.790. The SMILES string of the molecule is CC(NS(=O)(=O)c1cccs1)C(=O)NCc1ccc2c(c1)OCCO2. The van der Waals surface area contributed by atoms with Crippen molar-refractivity contribution in [2.45, 2.75) is 23.7 Å². The Morgan fingerprint density at radius 2 is 2.00 bits per heavy atom. The van der Waals surface area contributed by atoms with E-state index in [1.54, 1.807) is 23.6 Å². The van der Waals surface area contributed by atoms with Crippen LogP contribution in [0.4, 0.5) is 0 Å². The number of amides is 1. The fourth-order valence-electron chi connectivity index (χ4n) is 2.30. The topological polar surface area (TPSA) is 93.7 Å². The lowest BCUT2D eigenvalue weighted by molar-refractivity contribution is -0.122. The van der Waals surface area contributed by atoms with Crippen molar-refractivity contribution in [3.05, 3.63) is 41.3 Å². The standard InChI is InChI=1S/C16H18N2O5S2/c1-11(18-25(20,21)15-3-2-8-24-15)16(19)17-10-12-4-5-13-14(9-12)23-7-6-22-13/h2-5,8-9,11,18H,6-7,10H2,1H3,(H,17,19). The van der Waals surface area contributed by atoms with E-state index in [1.165, 1.54) is 13.0 Å². The maximum Gasteiger partial charge on any atom is 0.250 e. The number of fused-ring (bicyclic) bond motifs is 1. The monoisotopic (exact) mass is 382 g/mol. The van der Waals surface area contributed by atoms with Crippen LogP contribution < -0.4 is 19.5 Å². The lowest BCUT2D eigenvalue weighted by Crippen LogP contribution is -2.44. The molecule has 1 aliphatic heterocycles. The Morgan fingerprint density at radius 3 is 2.72 bits per heavy atom. The molecule has 2 N–H and O–H groups in total. The van der Waals surface area contributed by atoms with Crippen molar-refractivity contribution in [1.29, 1.82) is 0 Å². The summed E-state index contributed by atoms with van der Waals surface area (Å²) < 4.78 is 37.8. The second-order valence-corrected chi connectivity index (χ2v) is 8.36. The Labute approximate surface area is 150 Å². The third-order valence-electron chi connectivity index (χ3n) is 3.56. The first-order valence-electron chi connectivity index (χ1n) is 7.68. The van der Waals surface area contributed by atoms with Gasteiger partial charge in [0.1, 0.15) is 17.4 Å². The lowest BCUT2D eigenvalue weighted by Gasteiger charge is -2.19. The molecule has 1 aromatic heterocycles. The molecule has 0 radical (unpaired) electrons. The van der Waals surface area contributed by atoms with E-state index in [2.05, 4.69) is 10.0 Å². The average Bonchev–Trinajstić information content (AvgIpc) is 3.14. The van der Waals surface area contributed by atoms with E-state index in [0.29, 0.717) is 24.7 Å². The highest BCUT2D eigenvalue weighted by molar-refractivity contribution is 7.91. The molecule has 9 heteroatoms. The molecule has 1 unspecified atom stereocenters. The van der Waals surface area contributed by atoms with Crippen LogP contribution in [0.1, 0.15) is 12.5 Å². The number of sulfonamides is 1. The summed E-state index contributed by atoms with van der Waals surface area (Å²) in [5, 5.41) is 4.38. The van der Waals surface area contributed by atoms with Gasteiger partial charge in [-0.1, -0.05) is 12.1 Å². The van der Waals surface area contributed by atoms with Crippen LogP contribution in [0.2, 0.25) is 0 Å². The van der Waals surface area contributed by atoms with Crippen molar-refractivity contribution >= 4 is 27.3 Å². The molecule has 0 aliphatic carbocycles. The molecule has 0 spiro atoms. The van der Waals surface area contributed by atoms with Gasteiger partial charge in [-0.2, -0.15) is 4.72 Å². The Hall–Kier alpha value is -2.10. The summed E-state index contributed by atoms with van der Waals surface area (Å²) in [6.45, 7) is 2.78. The van der Waals surface area contributed by atoms with Crippen LogP contribution in [0.15, 0.2) is 39.9 Å². The zero-order chi connectivity index (χ0) is 17.9. The normalized spacial score (nSPS) is 14.8. The molecule has 0 fully saturated rings. The molecule has 1 atom stereocenters. The molecule has 0 saturated carbocycles. The number of rotatable bonds is 6. The van der Waals surface area contributed by atoms with Gasteiger partial charge in [-0.15, -0.1) is 11.3 Å². The zero-order valence-electron chi connectivity index (χ0n) is 13.5. The maximum atomic E-state index is 12.2. The van der Waals surface area contributed by atoms with Gasteiger partial charge in [0.05, 0.1) is 6.04 Å². The van der Waals surface area contributed by atoms with E-state index in [-0.39, 0.29) is 10.8 Å². The molecule has 1 aromatic carbocycles. The van der Waals surface area contributed by atoms with E-state index < -0.39 is 22.0 Å². The van der Waals surface area contributed by atoms with Crippen molar-refractivity contribution in [2.24, 2.45) is 0 Å². The largest absolute Gasteiger partial charge is 0.486 e. The Balaban J connectivity index is 1.57. The second-order valence-electron chi connectivity index (χ2n) is 5.47. The van der Waals surface area contributed by atoms with Gasteiger partial charge in [0.25, 0.3) is 10.0 Å². The minimum atomic E-state index is -3.69. The molecule has 3 rings (SSSR count). The fourth-order valence-corrected chi connectivity index (χ4v) is 4.51. The van der Waals surface area contributed by atoms with Crippen LogP contribution in [-0.2, 0) is 21.4 Å². The van der Waals surface area contributed by atoms with Crippen LogP contribution in [0.25, 0.3) is 0 Å². The smallest absolute Gasteiger partial charge is 0.250 e. The van der Waals surface area contributed by atoms with Gasteiger partial charge in [-0.25, -0.2) is 8.42 Å². The summed E-state index contributed by atoms with van der Waals surface area (Å²) in [5.41, 5.74) is 0.839. The van der Waals surface area contributed by atoms with Gasteiger partial charge >= 0.3 is 0 Å². The number of carbonyl (C=O) groups excluding carboxylic acids is 1. The van der Waals surface area contributed by atoms with Gasteiger partial charge in [-0.3, -0.25) is 4.79 Å². The zero-order valence-corrected chi connectivity index (χ0v) is 15.2. The number of ether oxygens (including phenoxy) is 2. The van der Waals surface area contributed by atoms with Gasteiger partial charge in [-0.05, 0) is 36.1 Å². The van der Waals surface area contributed by atoms with E-state index in [4.69, 9.17) is 9.47 Å². The van der Waals surface area contributed by atoms with Crippen molar-refractivity contribution in [3.63, 3.8) is 0 Å². The van der Waals surface area contributed by atoms with E-state index in [0.717, 1.165) is 16.9 Å². The first-order chi connectivity index (χ1) is 12.0. The van der Waals surface area contributed by atoms with Gasteiger partial charge < -0.3 is 14.8 Å². The molecule has 7 nitrogen and oxygen atoms in total. The predicted molar refractivity (Wildman–Crippen MR) is 93.4 cm³/mol. The first-order valence-corrected chi connectivity index (χ1v) is 10.0. The molecular weight excluding hydrogens is 364 g/mol. The van der Waals surface area contributed by atoms with Crippen molar-refractivity contribution in [1.82, 2.24) is 10.0 Å². The van der Waals surface area contributed by atoms with Crippen LogP contribution >= 0.6 is 11.3 Å². The van der Waals surface area contributed by atoms with Crippen LogP contribution in [0.3, 0.4) is 0 Å². The number of carbonyl (C=O) groups is 1. The van der Waals surface area contributed by atoms with Crippen molar-refractivity contribution in [3.8, 4) is 11.5 Å². The van der Waals surface area contributed by atoms with Gasteiger partial charge in [0, 0.05) is 6.54 Å². The summed E-state index contributed by atoms with van der Waals surface area (Å²) in [6.07, 6.45) is 0. The number of nitrogens with one attached hydrogen (secondary N) is 2. The highest BCUT2D eigenvalue weighted by atomic mass is 32.2. The third kappa shape index (κ3) is 4.30. The molecule has 2 aromatic rings. The van der Waals surface area contributed by atoms with E-state index >= 15 is 0 Å². The molecule has 2 heterocycles. The predicted octanol–water partition coefficient (Wildman–Crippen LogP) is 1.50. The lowest BCUT2D eigenvalue weighted by atomic mass is 10.2. The van der Waals surface area contributed by atoms with Crippen LogP contribution in [0.5, 0.6) is 11.5 Å². The van der Waals surface area contributed by atoms with Crippen molar-refractivity contribution < 1.29 is 22.7 Å². The Morgan fingerprint density at radius 1 is 1.24 bits per heavy atom. The summed E-state index contributed by atoms with van der Waals surface area (Å²) in [5.74, 6) is 0.915.